The summed E-state index contributed by atoms with van der Waals surface area (Å²) in [6.07, 6.45) is -0.876. The highest BCUT2D eigenvalue weighted by Gasteiger charge is 2.16. The zero-order valence-electron chi connectivity index (χ0n) is 8.70. The van der Waals surface area contributed by atoms with Crippen LogP contribution in [-0.4, -0.2) is 5.11 Å². The van der Waals surface area contributed by atoms with Gasteiger partial charge >= 0.3 is 0 Å². The number of hydrogen-bond donors (Lipinski definition) is 1. The van der Waals surface area contributed by atoms with Gasteiger partial charge in [-0.25, -0.2) is 4.39 Å². The van der Waals surface area contributed by atoms with Crippen molar-refractivity contribution in [3.63, 3.8) is 0 Å². The molecule has 17 heavy (non-hydrogen) atoms. The van der Waals surface area contributed by atoms with E-state index in [-0.39, 0.29) is 5.82 Å². The van der Waals surface area contributed by atoms with Crippen LogP contribution < -0.4 is 0 Å². The van der Waals surface area contributed by atoms with Crippen molar-refractivity contribution < 1.29 is 9.50 Å². The SMILES string of the molecule is OC(c1ccccc1Cl)c1ccc(F)cc1Br. The average molecular weight is 316 g/mol. The van der Waals surface area contributed by atoms with E-state index < -0.39 is 6.10 Å². The van der Waals surface area contributed by atoms with Crippen molar-refractivity contribution in [1.82, 2.24) is 0 Å². The van der Waals surface area contributed by atoms with Gasteiger partial charge in [-0.1, -0.05) is 51.8 Å². The van der Waals surface area contributed by atoms with Gasteiger partial charge in [0.05, 0.1) is 0 Å². The molecule has 1 unspecified atom stereocenters. The number of benzene rings is 2. The molecule has 0 aromatic heterocycles. The monoisotopic (exact) mass is 314 g/mol. The van der Waals surface area contributed by atoms with Crippen molar-refractivity contribution in [2.75, 3.05) is 0 Å². The summed E-state index contributed by atoms with van der Waals surface area (Å²) in [5.74, 6) is -0.355. The Bertz CT molecular complexity index is 545. The zero-order chi connectivity index (χ0) is 12.4. The molecule has 1 nitrogen and oxygen atoms in total. The first-order valence-electron chi connectivity index (χ1n) is 4.97. The van der Waals surface area contributed by atoms with Crippen molar-refractivity contribution >= 4 is 27.5 Å². The van der Waals surface area contributed by atoms with E-state index in [4.69, 9.17) is 11.6 Å². The van der Waals surface area contributed by atoms with E-state index in [1.54, 1.807) is 24.3 Å². The van der Waals surface area contributed by atoms with Crippen LogP contribution in [0.2, 0.25) is 5.02 Å². The maximum atomic E-state index is 13.0. The van der Waals surface area contributed by atoms with E-state index in [1.807, 2.05) is 0 Å². The van der Waals surface area contributed by atoms with Crippen molar-refractivity contribution in [2.45, 2.75) is 6.10 Å². The van der Waals surface area contributed by atoms with Crippen molar-refractivity contribution in [3.8, 4) is 0 Å². The Labute approximate surface area is 112 Å². The highest BCUT2D eigenvalue weighted by atomic mass is 79.9. The van der Waals surface area contributed by atoms with Gasteiger partial charge in [0.25, 0.3) is 0 Å². The molecule has 0 aliphatic rings. The summed E-state index contributed by atoms with van der Waals surface area (Å²) in [4.78, 5) is 0. The van der Waals surface area contributed by atoms with Crippen LogP contribution in [0.5, 0.6) is 0 Å². The fourth-order valence-corrected chi connectivity index (χ4v) is 2.39. The quantitative estimate of drug-likeness (QED) is 0.875. The lowest BCUT2D eigenvalue weighted by Gasteiger charge is -2.14. The molecule has 0 amide bonds. The first-order valence-corrected chi connectivity index (χ1v) is 6.14. The summed E-state index contributed by atoms with van der Waals surface area (Å²) < 4.78 is 13.5. The second-order valence-electron chi connectivity index (χ2n) is 3.59. The molecule has 1 N–H and O–H groups in total. The van der Waals surface area contributed by atoms with Crippen LogP contribution in [0.3, 0.4) is 0 Å². The normalized spacial score (nSPS) is 12.5. The summed E-state index contributed by atoms with van der Waals surface area (Å²) in [7, 11) is 0. The smallest absolute Gasteiger partial charge is 0.124 e. The minimum Gasteiger partial charge on any atom is -0.384 e. The third kappa shape index (κ3) is 2.68. The van der Waals surface area contributed by atoms with Gasteiger partial charge < -0.3 is 5.11 Å². The topological polar surface area (TPSA) is 20.2 Å². The molecule has 2 rings (SSSR count). The molecule has 0 saturated carbocycles. The maximum Gasteiger partial charge on any atom is 0.124 e. The van der Waals surface area contributed by atoms with Crippen molar-refractivity contribution in [3.05, 3.63) is 68.9 Å². The molecule has 1 atom stereocenters. The molecule has 0 radical (unpaired) electrons. The Morgan fingerprint density at radius 2 is 1.82 bits per heavy atom. The van der Waals surface area contributed by atoms with Gasteiger partial charge in [-0.15, -0.1) is 0 Å². The fraction of sp³-hybridized carbons (Fsp3) is 0.0769. The Kier molecular flexibility index (Phi) is 3.82. The van der Waals surface area contributed by atoms with Gasteiger partial charge in [-0.3, -0.25) is 0 Å². The van der Waals surface area contributed by atoms with Crippen LogP contribution in [0, 0.1) is 5.82 Å². The molecule has 88 valence electrons. The summed E-state index contributed by atoms with van der Waals surface area (Å²) >= 11 is 9.23. The lowest BCUT2D eigenvalue weighted by molar-refractivity contribution is 0.219. The largest absolute Gasteiger partial charge is 0.384 e. The lowest BCUT2D eigenvalue weighted by Crippen LogP contribution is -2.01. The molecule has 0 aliphatic carbocycles. The molecule has 2 aromatic rings. The summed E-state index contributed by atoms with van der Waals surface area (Å²) in [5, 5.41) is 10.7. The molecule has 0 saturated heterocycles. The minimum absolute atomic E-state index is 0.355. The van der Waals surface area contributed by atoms with Gasteiger partial charge in [0, 0.05) is 15.1 Å². The maximum absolute atomic E-state index is 13.0. The molecule has 4 heteroatoms. The standard InChI is InChI=1S/C13H9BrClFO/c14-11-7-8(16)5-6-9(11)13(17)10-3-1-2-4-12(10)15/h1-7,13,17H. The third-order valence-electron chi connectivity index (χ3n) is 2.46. The minimum atomic E-state index is -0.876. The van der Waals surface area contributed by atoms with Crippen LogP contribution in [0.25, 0.3) is 0 Å². The van der Waals surface area contributed by atoms with Gasteiger partial charge in [0.1, 0.15) is 11.9 Å². The highest BCUT2D eigenvalue weighted by Crippen LogP contribution is 2.32. The van der Waals surface area contributed by atoms with E-state index in [1.165, 1.54) is 18.2 Å². The predicted molar refractivity (Wildman–Crippen MR) is 69.6 cm³/mol. The van der Waals surface area contributed by atoms with E-state index in [0.717, 1.165) is 0 Å². The molecule has 0 spiro atoms. The molecular formula is C13H9BrClFO. The Hall–Kier alpha value is -0.900. The average Bonchev–Trinajstić information content (AvgIpc) is 2.29. The Balaban J connectivity index is 2.44. The van der Waals surface area contributed by atoms with Crippen LogP contribution in [-0.2, 0) is 0 Å². The number of rotatable bonds is 2. The van der Waals surface area contributed by atoms with Crippen LogP contribution in [0.1, 0.15) is 17.2 Å². The predicted octanol–water partition coefficient (Wildman–Crippen LogP) is 4.32. The molecule has 0 heterocycles. The number of hydrogen-bond acceptors (Lipinski definition) is 1. The number of halogens is 3. The number of aliphatic hydroxyl groups is 1. The van der Waals surface area contributed by atoms with E-state index >= 15 is 0 Å². The first kappa shape index (κ1) is 12.6. The summed E-state index contributed by atoms with van der Waals surface area (Å²) in [5.41, 5.74) is 1.18. The van der Waals surface area contributed by atoms with Crippen molar-refractivity contribution in [2.24, 2.45) is 0 Å². The van der Waals surface area contributed by atoms with E-state index in [2.05, 4.69) is 15.9 Å². The molecular weight excluding hydrogens is 306 g/mol. The summed E-state index contributed by atoms with van der Waals surface area (Å²) in [6, 6.07) is 11.2. The lowest BCUT2D eigenvalue weighted by atomic mass is 10.0. The second-order valence-corrected chi connectivity index (χ2v) is 4.85. The van der Waals surface area contributed by atoms with Crippen LogP contribution in [0.15, 0.2) is 46.9 Å². The molecule has 0 bridgehead atoms. The van der Waals surface area contributed by atoms with E-state index in [0.29, 0.717) is 20.6 Å². The molecule has 2 aromatic carbocycles. The van der Waals surface area contributed by atoms with Gasteiger partial charge in [0.2, 0.25) is 0 Å². The zero-order valence-corrected chi connectivity index (χ0v) is 11.0. The van der Waals surface area contributed by atoms with Gasteiger partial charge in [-0.05, 0) is 23.8 Å². The molecule has 0 aliphatic heterocycles. The van der Waals surface area contributed by atoms with Gasteiger partial charge in [0.15, 0.2) is 0 Å². The second kappa shape index (κ2) is 5.17. The fourth-order valence-electron chi connectivity index (χ4n) is 1.59. The summed E-state index contributed by atoms with van der Waals surface area (Å²) in [6.45, 7) is 0. The van der Waals surface area contributed by atoms with E-state index in [9.17, 15) is 9.50 Å². The van der Waals surface area contributed by atoms with Crippen LogP contribution >= 0.6 is 27.5 Å². The Morgan fingerprint density at radius 3 is 2.47 bits per heavy atom. The third-order valence-corrected chi connectivity index (χ3v) is 3.49. The van der Waals surface area contributed by atoms with Gasteiger partial charge in [-0.2, -0.15) is 0 Å². The number of aliphatic hydroxyl groups excluding tert-OH is 1. The first-order chi connectivity index (χ1) is 8.09. The van der Waals surface area contributed by atoms with Crippen LogP contribution in [0.4, 0.5) is 4.39 Å². The molecule has 0 fully saturated rings. The Morgan fingerprint density at radius 1 is 1.12 bits per heavy atom. The van der Waals surface area contributed by atoms with Crippen molar-refractivity contribution in [1.29, 1.82) is 0 Å². The highest BCUT2D eigenvalue weighted by molar-refractivity contribution is 9.10.